The molecule has 0 spiro atoms. The average Bonchev–Trinajstić information content (AvgIpc) is 2.54. The highest BCUT2D eigenvalue weighted by Gasteiger charge is 2.58. The third kappa shape index (κ3) is 2.74. The Kier molecular flexibility index (Phi) is 4.88. The molecule has 2 unspecified atom stereocenters. The molecule has 3 aliphatic carbocycles. The molecule has 5 atom stereocenters. The predicted molar refractivity (Wildman–Crippen MR) is 98.6 cm³/mol. The highest BCUT2D eigenvalue weighted by Crippen LogP contribution is 2.63. The number of ether oxygens (including phenoxy) is 1. The van der Waals surface area contributed by atoms with Crippen molar-refractivity contribution in [2.45, 2.75) is 79.6 Å². The lowest BCUT2D eigenvalue weighted by Crippen LogP contribution is -2.53. The molecule has 0 heterocycles. The molecule has 0 saturated heterocycles. The molecule has 2 nitrogen and oxygen atoms in total. The first kappa shape index (κ1) is 18.0. The molecule has 0 bridgehead atoms. The van der Waals surface area contributed by atoms with Gasteiger partial charge in [-0.2, -0.15) is 0 Å². The van der Waals surface area contributed by atoms with Crippen molar-refractivity contribution in [1.82, 2.24) is 0 Å². The fraction of sp³-hybridized carbons (Fsp3) is 0.864. The molecule has 0 amide bonds. The molecular weight excluding hydrogens is 296 g/mol. The van der Waals surface area contributed by atoms with E-state index in [-0.39, 0.29) is 16.8 Å². The van der Waals surface area contributed by atoms with Crippen molar-refractivity contribution in [3.63, 3.8) is 0 Å². The minimum absolute atomic E-state index is 0.0497. The Balaban J connectivity index is 1.90. The maximum Gasteiger partial charge on any atom is 0.312 e. The van der Waals surface area contributed by atoms with Gasteiger partial charge in [-0.1, -0.05) is 38.8 Å². The molecule has 0 aromatic rings. The first-order valence-corrected chi connectivity index (χ1v) is 10.2. The standard InChI is InChI=1S/C22H36O2/c1-6-24-20(23)22(5)13-7-12-21(4)18-10-8-16(15(2)3)14-17(18)9-11-19(21)22/h9,15-16,18-19H,6-8,10-14H2,1-5H3/t16?,18-,19?,21+,22+/m0/s1. The van der Waals surface area contributed by atoms with Gasteiger partial charge in [-0.25, -0.2) is 0 Å². The number of carbonyl (C=O) groups is 1. The van der Waals surface area contributed by atoms with Gasteiger partial charge in [0, 0.05) is 0 Å². The summed E-state index contributed by atoms with van der Waals surface area (Å²) < 4.78 is 5.50. The summed E-state index contributed by atoms with van der Waals surface area (Å²) in [6.45, 7) is 11.8. The van der Waals surface area contributed by atoms with E-state index in [4.69, 9.17) is 4.74 Å². The van der Waals surface area contributed by atoms with Crippen LogP contribution < -0.4 is 0 Å². The van der Waals surface area contributed by atoms with Crippen molar-refractivity contribution in [2.24, 2.45) is 34.5 Å². The van der Waals surface area contributed by atoms with E-state index in [9.17, 15) is 4.79 Å². The number of rotatable bonds is 3. The number of carbonyl (C=O) groups excluding carboxylic acids is 1. The van der Waals surface area contributed by atoms with Crippen molar-refractivity contribution >= 4 is 5.97 Å². The van der Waals surface area contributed by atoms with Gasteiger partial charge in [0.1, 0.15) is 0 Å². The van der Waals surface area contributed by atoms with Crippen LogP contribution in [0.4, 0.5) is 0 Å². The Morgan fingerprint density at radius 3 is 2.71 bits per heavy atom. The van der Waals surface area contributed by atoms with Crippen molar-refractivity contribution in [2.75, 3.05) is 6.61 Å². The topological polar surface area (TPSA) is 26.3 Å². The average molecular weight is 333 g/mol. The zero-order valence-electron chi connectivity index (χ0n) is 16.4. The van der Waals surface area contributed by atoms with Gasteiger partial charge in [0.15, 0.2) is 0 Å². The number of hydrogen-bond donors (Lipinski definition) is 0. The Morgan fingerprint density at radius 2 is 2.04 bits per heavy atom. The second-order valence-corrected chi connectivity index (χ2v) is 9.40. The Labute approximate surface area is 148 Å². The van der Waals surface area contributed by atoms with Crippen LogP contribution in [0.25, 0.3) is 0 Å². The minimum atomic E-state index is -0.292. The highest BCUT2D eigenvalue weighted by molar-refractivity contribution is 5.77. The van der Waals surface area contributed by atoms with E-state index in [0.29, 0.717) is 18.4 Å². The third-order valence-electron chi connectivity index (χ3n) is 7.84. The first-order valence-electron chi connectivity index (χ1n) is 10.2. The largest absolute Gasteiger partial charge is 0.466 e. The Hall–Kier alpha value is -0.790. The lowest BCUT2D eigenvalue weighted by atomic mass is 9.46. The van der Waals surface area contributed by atoms with Crippen LogP contribution >= 0.6 is 0 Å². The monoisotopic (exact) mass is 332 g/mol. The molecule has 0 radical (unpaired) electrons. The molecule has 0 aliphatic heterocycles. The van der Waals surface area contributed by atoms with Crippen molar-refractivity contribution in [3.8, 4) is 0 Å². The molecule has 3 rings (SSSR count). The maximum absolute atomic E-state index is 12.8. The fourth-order valence-corrected chi connectivity index (χ4v) is 6.33. The lowest BCUT2D eigenvalue weighted by molar-refractivity contribution is -0.169. The van der Waals surface area contributed by atoms with Crippen LogP contribution in [0.3, 0.4) is 0 Å². The van der Waals surface area contributed by atoms with Crippen LogP contribution in [0.1, 0.15) is 79.6 Å². The van der Waals surface area contributed by atoms with Crippen LogP contribution in [0.2, 0.25) is 0 Å². The summed E-state index contributed by atoms with van der Waals surface area (Å²) >= 11 is 0. The SMILES string of the molecule is CCOC(=O)[C@]1(C)CCC[C@@]2(C)C1CC=C1CC(C(C)C)CC[C@@H]12. The third-order valence-corrected chi connectivity index (χ3v) is 7.84. The van der Waals surface area contributed by atoms with E-state index in [2.05, 4.69) is 33.8 Å². The van der Waals surface area contributed by atoms with Gasteiger partial charge in [0.25, 0.3) is 0 Å². The summed E-state index contributed by atoms with van der Waals surface area (Å²) in [5.41, 5.74) is 1.71. The maximum atomic E-state index is 12.8. The first-order chi connectivity index (χ1) is 11.3. The number of hydrogen-bond acceptors (Lipinski definition) is 2. The summed E-state index contributed by atoms with van der Waals surface area (Å²) in [6, 6.07) is 0. The molecule has 2 saturated carbocycles. The zero-order chi connectivity index (χ0) is 17.5. The van der Waals surface area contributed by atoms with Crippen molar-refractivity contribution in [3.05, 3.63) is 11.6 Å². The molecule has 0 N–H and O–H groups in total. The van der Waals surface area contributed by atoms with Crippen LogP contribution in [-0.4, -0.2) is 12.6 Å². The summed E-state index contributed by atoms with van der Waals surface area (Å²) in [5.74, 6) is 2.83. The molecule has 0 aromatic heterocycles. The predicted octanol–water partition coefficient (Wildman–Crippen LogP) is 5.76. The summed E-state index contributed by atoms with van der Waals surface area (Å²) in [4.78, 5) is 12.8. The molecular formula is C22H36O2. The van der Waals surface area contributed by atoms with Crippen LogP contribution in [-0.2, 0) is 9.53 Å². The molecule has 24 heavy (non-hydrogen) atoms. The Morgan fingerprint density at radius 1 is 1.29 bits per heavy atom. The quantitative estimate of drug-likeness (QED) is 0.485. The van der Waals surface area contributed by atoms with Gasteiger partial charge in [0.05, 0.1) is 12.0 Å². The van der Waals surface area contributed by atoms with Crippen molar-refractivity contribution < 1.29 is 9.53 Å². The van der Waals surface area contributed by atoms with E-state index in [1.54, 1.807) is 5.57 Å². The van der Waals surface area contributed by atoms with E-state index in [1.165, 1.54) is 32.1 Å². The van der Waals surface area contributed by atoms with Gasteiger partial charge < -0.3 is 4.74 Å². The van der Waals surface area contributed by atoms with E-state index in [0.717, 1.165) is 24.7 Å². The fourth-order valence-electron chi connectivity index (χ4n) is 6.33. The summed E-state index contributed by atoms with van der Waals surface area (Å²) in [7, 11) is 0. The number of allylic oxidation sites excluding steroid dienone is 2. The normalized spacial score (nSPS) is 42.1. The van der Waals surface area contributed by atoms with Gasteiger partial charge >= 0.3 is 5.97 Å². The van der Waals surface area contributed by atoms with E-state index < -0.39 is 0 Å². The second-order valence-electron chi connectivity index (χ2n) is 9.40. The highest BCUT2D eigenvalue weighted by atomic mass is 16.5. The smallest absolute Gasteiger partial charge is 0.312 e. The van der Waals surface area contributed by atoms with E-state index >= 15 is 0 Å². The van der Waals surface area contributed by atoms with Gasteiger partial charge in [-0.05, 0) is 81.5 Å². The molecule has 136 valence electrons. The minimum Gasteiger partial charge on any atom is -0.466 e. The zero-order valence-corrected chi connectivity index (χ0v) is 16.4. The van der Waals surface area contributed by atoms with Gasteiger partial charge in [-0.15, -0.1) is 0 Å². The second kappa shape index (κ2) is 6.50. The van der Waals surface area contributed by atoms with Gasteiger partial charge in [-0.3, -0.25) is 4.79 Å². The van der Waals surface area contributed by atoms with Crippen LogP contribution in [0.15, 0.2) is 11.6 Å². The van der Waals surface area contributed by atoms with Gasteiger partial charge in [0.2, 0.25) is 0 Å². The molecule has 3 aliphatic rings. The van der Waals surface area contributed by atoms with Crippen molar-refractivity contribution in [1.29, 1.82) is 0 Å². The molecule has 0 aromatic carbocycles. The summed E-state index contributed by atoms with van der Waals surface area (Å²) in [5, 5.41) is 0. The summed E-state index contributed by atoms with van der Waals surface area (Å²) in [6.07, 6.45) is 11.0. The molecule has 2 heteroatoms. The van der Waals surface area contributed by atoms with Crippen LogP contribution in [0, 0.1) is 34.5 Å². The Bertz CT molecular complexity index is 520. The van der Waals surface area contributed by atoms with E-state index in [1.807, 2.05) is 6.92 Å². The van der Waals surface area contributed by atoms with Crippen LogP contribution in [0.5, 0.6) is 0 Å². The molecule has 2 fully saturated rings. The number of esters is 1. The number of fused-ring (bicyclic) bond motifs is 3. The lowest BCUT2D eigenvalue weighted by Gasteiger charge is -2.58.